The van der Waals surface area contributed by atoms with Crippen molar-refractivity contribution < 1.29 is 18.7 Å². The van der Waals surface area contributed by atoms with Crippen molar-refractivity contribution >= 4 is 8.60 Å². The van der Waals surface area contributed by atoms with Gasteiger partial charge in [-0.1, -0.05) is 62.3 Å². The van der Waals surface area contributed by atoms with E-state index >= 15 is 0 Å². The molecule has 0 bridgehead atoms. The van der Waals surface area contributed by atoms with E-state index in [1.54, 1.807) is 12.1 Å². The molecule has 0 fully saturated rings. The summed E-state index contributed by atoms with van der Waals surface area (Å²) in [5.41, 5.74) is 1.23. The summed E-state index contributed by atoms with van der Waals surface area (Å²) < 4.78 is 19.6. The molecule has 1 N–H and O–H groups in total. The average molecular weight is 302 g/mol. The number of rotatable bonds is 11. The number of hydrogen-bond acceptors (Lipinski definition) is 3. The number of halogens is 1. The third kappa shape index (κ3) is 7.78. The molecule has 5 heteroatoms. The Labute approximate surface area is 122 Å². The third-order valence-electron chi connectivity index (χ3n) is 3.23. The number of unbranched alkanes of at least 4 members (excludes halogenated alkanes) is 6. The minimum atomic E-state index is -2.45. The molecule has 20 heavy (non-hydrogen) atoms. The van der Waals surface area contributed by atoms with Crippen LogP contribution in [0.1, 0.15) is 57.4 Å². The molecule has 0 heterocycles. The quantitative estimate of drug-likeness (QED) is 0.434. The van der Waals surface area contributed by atoms with Gasteiger partial charge in [-0.25, -0.2) is 0 Å². The van der Waals surface area contributed by atoms with Gasteiger partial charge in [0.05, 0.1) is 0 Å². The second kappa shape index (κ2) is 11.0. The molecule has 0 aliphatic rings. The summed E-state index contributed by atoms with van der Waals surface area (Å²) in [6, 6.07) is 7.32. The van der Waals surface area contributed by atoms with Crippen molar-refractivity contribution in [2.75, 3.05) is 0 Å². The maximum atomic E-state index is 11.6. The minimum absolute atomic E-state index is 0.416. The van der Waals surface area contributed by atoms with Crippen molar-refractivity contribution in [1.82, 2.24) is 0 Å². The number of benzene rings is 1. The van der Waals surface area contributed by atoms with Crippen LogP contribution in [0.2, 0.25) is 0 Å². The third-order valence-corrected chi connectivity index (χ3v) is 3.72. The van der Waals surface area contributed by atoms with Crippen LogP contribution >= 0.6 is 8.60 Å². The molecule has 0 aromatic heterocycles. The highest BCUT2D eigenvalue weighted by Gasteiger charge is 2.08. The molecule has 114 valence electrons. The Hall–Kier alpha value is -0.700. The van der Waals surface area contributed by atoms with Crippen molar-refractivity contribution in [2.45, 2.75) is 58.3 Å². The highest BCUT2D eigenvalue weighted by Crippen LogP contribution is 2.34. The average Bonchev–Trinajstić information content (AvgIpc) is 2.48. The van der Waals surface area contributed by atoms with Crippen molar-refractivity contribution in [3.8, 4) is 5.75 Å². The number of aryl methyl sites for hydroxylation is 1. The Bertz CT molecular complexity index is 345. The molecule has 1 rings (SSSR count). The fourth-order valence-corrected chi connectivity index (χ4v) is 2.44. The molecule has 1 aromatic carbocycles. The van der Waals surface area contributed by atoms with E-state index in [1.165, 1.54) is 50.5 Å². The van der Waals surface area contributed by atoms with Crippen LogP contribution in [0.3, 0.4) is 0 Å². The van der Waals surface area contributed by atoms with Crippen LogP contribution < -0.4 is 4.52 Å². The second-order valence-corrected chi connectivity index (χ2v) is 5.71. The zero-order chi connectivity index (χ0) is 14.6. The van der Waals surface area contributed by atoms with E-state index in [2.05, 4.69) is 11.7 Å². The van der Waals surface area contributed by atoms with E-state index < -0.39 is 8.60 Å². The molecule has 3 nitrogen and oxygen atoms in total. The summed E-state index contributed by atoms with van der Waals surface area (Å²) in [6.45, 7) is 2.23. The molecule has 1 aromatic rings. The number of hydrogen-bond donors (Lipinski definition) is 1. The highest BCUT2D eigenvalue weighted by atomic mass is 31.2. The van der Waals surface area contributed by atoms with Crippen LogP contribution in [-0.4, -0.2) is 4.89 Å². The fourth-order valence-electron chi connectivity index (χ4n) is 2.11. The zero-order valence-electron chi connectivity index (χ0n) is 12.1. The van der Waals surface area contributed by atoms with Gasteiger partial charge in [-0.2, -0.15) is 0 Å². The predicted octanol–water partition coefficient (Wildman–Crippen LogP) is 5.48. The molecule has 0 saturated heterocycles. The van der Waals surface area contributed by atoms with E-state index in [-0.39, 0.29) is 0 Å². The Balaban J connectivity index is 2.15. The first kappa shape index (κ1) is 17.4. The van der Waals surface area contributed by atoms with Crippen LogP contribution in [0.4, 0.5) is 4.53 Å². The molecule has 0 aliphatic carbocycles. The van der Waals surface area contributed by atoms with Crippen LogP contribution in [0.15, 0.2) is 24.3 Å². The monoisotopic (exact) mass is 302 g/mol. The molecular weight excluding hydrogens is 278 g/mol. The Morgan fingerprint density at radius 1 is 1.00 bits per heavy atom. The van der Waals surface area contributed by atoms with E-state index in [9.17, 15) is 4.53 Å². The summed E-state index contributed by atoms with van der Waals surface area (Å²) in [6.07, 6.45) is 10.1. The summed E-state index contributed by atoms with van der Waals surface area (Å²) in [4.78, 5) is 8.89. The first-order chi connectivity index (χ1) is 9.76. The molecule has 1 atom stereocenters. The first-order valence-corrected chi connectivity index (χ1v) is 8.44. The van der Waals surface area contributed by atoms with Gasteiger partial charge < -0.3 is 9.42 Å². The molecule has 1 unspecified atom stereocenters. The maximum Gasteiger partial charge on any atom is 0.428 e. The lowest BCUT2D eigenvalue weighted by atomic mass is 10.0. The van der Waals surface area contributed by atoms with Crippen molar-refractivity contribution in [2.24, 2.45) is 0 Å². The zero-order valence-corrected chi connectivity index (χ0v) is 12.9. The first-order valence-electron chi connectivity index (χ1n) is 7.31. The van der Waals surface area contributed by atoms with Gasteiger partial charge >= 0.3 is 8.60 Å². The van der Waals surface area contributed by atoms with E-state index in [4.69, 9.17) is 9.42 Å². The molecule has 0 saturated carbocycles. The van der Waals surface area contributed by atoms with Gasteiger partial charge in [-0.05, 0) is 35.1 Å². The van der Waals surface area contributed by atoms with Crippen molar-refractivity contribution in [1.29, 1.82) is 0 Å². The summed E-state index contributed by atoms with van der Waals surface area (Å²) in [7, 11) is -2.45. The lowest BCUT2D eigenvalue weighted by Crippen LogP contribution is -1.89. The van der Waals surface area contributed by atoms with E-state index in [0.29, 0.717) is 5.75 Å². The van der Waals surface area contributed by atoms with Gasteiger partial charge in [0.25, 0.3) is 0 Å². The SMILES string of the molecule is CCCCCCCCCc1ccc(OP(O)OF)cc1. The maximum absolute atomic E-state index is 11.6. The van der Waals surface area contributed by atoms with Gasteiger partial charge in [-0.15, -0.1) is 0 Å². The van der Waals surface area contributed by atoms with Crippen LogP contribution in [0.25, 0.3) is 0 Å². The lowest BCUT2D eigenvalue weighted by molar-refractivity contribution is -0.0177. The molecule has 0 aliphatic heterocycles. The van der Waals surface area contributed by atoms with Crippen LogP contribution in [0, 0.1) is 0 Å². The highest BCUT2D eigenvalue weighted by molar-refractivity contribution is 7.40. The van der Waals surface area contributed by atoms with Crippen LogP contribution in [0.5, 0.6) is 5.75 Å². The Morgan fingerprint density at radius 3 is 2.20 bits per heavy atom. The van der Waals surface area contributed by atoms with Gasteiger partial charge in [0.15, 0.2) is 0 Å². The van der Waals surface area contributed by atoms with Gasteiger partial charge in [-0.3, -0.25) is 0 Å². The largest absolute Gasteiger partial charge is 0.428 e. The van der Waals surface area contributed by atoms with Gasteiger partial charge in [0.1, 0.15) is 5.75 Å². The molecule has 0 spiro atoms. The minimum Gasteiger partial charge on any atom is -0.425 e. The lowest BCUT2D eigenvalue weighted by Gasteiger charge is -2.07. The fraction of sp³-hybridized carbons (Fsp3) is 0.600. The van der Waals surface area contributed by atoms with Gasteiger partial charge in [0, 0.05) is 0 Å². The summed E-state index contributed by atoms with van der Waals surface area (Å²) in [5.74, 6) is 0.416. The summed E-state index contributed by atoms with van der Waals surface area (Å²) >= 11 is 0. The molecule has 0 radical (unpaired) electrons. The molecular formula is C15H24FO3P. The van der Waals surface area contributed by atoms with Crippen molar-refractivity contribution in [3.63, 3.8) is 0 Å². The van der Waals surface area contributed by atoms with Gasteiger partial charge in [0.2, 0.25) is 0 Å². The standard InChI is InChI=1S/C15H24FO3P/c1-2-3-4-5-6-7-8-9-14-10-12-15(13-11-14)18-20(17)19-16/h10-13,17H,2-9H2,1H3. The van der Waals surface area contributed by atoms with E-state index in [1.807, 2.05) is 12.1 Å². The van der Waals surface area contributed by atoms with Crippen molar-refractivity contribution in [3.05, 3.63) is 29.8 Å². The summed E-state index contributed by atoms with van der Waals surface area (Å²) in [5, 5.41) is 0. The topological polar surface area (TPSA) is 38.7 Å². The Morgan fingerprint density at radius 2 is 1.60 bits per heavy atom. The predicted molar refractivity (Wildman–Crippen MR) is 80.1 cm³/mol. The van der Waals surface area contributed by atoms with Crippen LogP contribution in [-0.2, 0) is 11.1 Å². The normalized spacial score (nSPS) is 12.3. The molecule has 0 amide bonds. The Kier molecular flexibility index (Phi) is 9.56. The van der Waals surface area contributed by atoms with E-state index in [0.717, 1.165) is 6.42 Å². The smallest absolute Gasteiger partial charge is 0.425 e. The second-order valence-electron chi connectivity index (χ2n) is 4.91.